The van der Waals surface area contributed by atoms with Crippen molar-refractivity contribution in [1.82, 2.24) is 10.3 Å². The van der Waals surface area contributed by atoms with Crippen LogP contribution in [0.15, 0.2) is 22.8 Å². The molecule has 4 heteroatoms. The molecule has 1 rings (SSSR count). The molecule has 0 spiro atoms. The molecular formula is C16H27BrN2O. The topological polar surface area (TPSA) is 34.2 Å². The molecule has 2 atom stereocenters. The summed E-state index contributed by atoms with van der Waals surface area (Å²) in [7, 11) is 0. The van der Waals surface area contributed by atoms with Gasteiger partial charge in [-0.2, -0.15) is 0 Å². The maximum absolute atomic E-state index is 5.94. The zero-order valence-corrected chi connectivity index (χ0v) is 14.4. The van der Waals surface area contributed by atoms with Gasteiger partial charge < -0.3 is 10.1 Å². The minimum absolute atomic E-state index is 0.266. The Kier molecular flexibility index (Phi) is 9.07. The molecule has 0 aliphatic heterocycles. The summed E-state index contributed by atoms with van der Waals surface area (Å²) in [5.41, 5.74) is 1.11. The second-order valence-electron chi connectivity index (χ2n) is 5.01. The molecule has 0 amide bonds. The fraction of sp³-hybridized carbons (Fsp3) is 0.688. The number of nitrogens with one attached hydrogen (secondary N) is 1. The minimum Gasteiger partial charge on any atom is -0.377 e. The van der Waals surface area contributed by atoms with E-state index >= 15 is 0 Å². The lowest BCUT2D eigenvalue weighted by atomic mass is 10.0. The Morgan fingerprint density at radius 2 is 2.05 bits per heavy atom. The summed E-state index contributed by atoms with van der Waals surface area (Å²) in [6.07, 6.45) is 6.41. The summed E-state index contributed by atoms with van der Waals surface area (Å²) in [4.78, 5) is 4.49. The van der Waals surface area contributed by atoms with Gasteiger partial charge in [0.2, 0.25) is 0 Å². The third-order valence-corrected chi connectivity index (χ3v) is 3.75. The Morgan fingerprint density at radius 1 is 1.25 bits per heavy atom. The van der Waals surface area contributed by atoms with Crippen LogP contribution < -0.4 is 5.32 Å². The van der Waals surface area contributed by atoms with Crippen molar-refractivity contribution in [3.8, 4) is 0 Å². The largest absolute Gasteiger partial charge is 0.377 e. The van der Waals surface area contributed by atoms with Crippen LogP contribution in [0.25, 0.3) is 0 Å². The standard InChI is InChI=1S/C16H27BrN2O/c1-4-7-16(20-6-3)15(18-10-5-2)11-14-9-8-13(17)12-19-14/h8-9,12,15-16,18H,4-7,10-11H2,1-3H3. The molecule has 0 aliphatic carbocycles. The van der Waals surface area contributed by atoms with Crippen LogP contribution in [0.5, 0.6) is 0 Å². The van der Waals surface area contributed by atoms with E-state index < -0.39 is 0 Å². The Balaban J connectivity index is 2.72. The number of pyridine rings is 1. The molecule has 0 radical (unpaired) electrons. The van der Waals surface area contributed by atoms with Gasteiger partial charge >= 0.3 is 0 Å². The predicted octanol–water partition coefficient (Wildman–Crippen LogP) is 3.96. The van der Waals surface area contributed by atoms with Crippen LogP contribution in [-0.2, 0) is 11.2 Å². The van der Waals surface area contributed by atoms with E-state index in [1.807, 2.05) is 6.20 Å². The van der Waals surface area contributed by atoms with E-state index in [1.165, 1.54) is 0 Å². The van der Waals surface area contributed by atoms with Crippen molar-refractivity contribution < 1.29 is 4.74 Å². The van der Waals surface area contributed by atoms with Gasteiger partial charge in [0, 0.05) is 35.4 Å². The highest BCUT2D eigenvalue weighted by Gasteiger charge is 2.21. The number of halogens is 1. The first-order valence-corrected chi connectivity index (χ1v) is 8.45. The number of aromatic nitrogens is 1. The molecule has 0 fully saturated rings. The summed E-state index contributed by atoms with van der Waals surface area (Å²) in [5.74, 6) is 0. The van der Waals surface area contributed by atoms with Crippen molar-refractivity contribution in [3.63, 3.8) is 0 Å². The molecule has 1 N–H and O–H groups in total. The van der Waals surface area contributed by atoms with E-state index in [-0.39, 0.29) is 6.10 Å². The van der Waals surface area contributed by atoms with Crippen molar-refractivity contribution in [2.45, 2.75) is 58.6 Å². The van der Waals surface area contributed by atoms with Crippen molar-refractivity contribution in [2.75, 3.05) is 13.2 Å². The number of ether oxygens (including phenoxy) is 1. The molecule has 0 bridgehead atoms. The SMILES string of the molecule is CCCNC(Cc1ccc(Br)cn1)C(CCC)OCC. The lowest BCUT2D eigenvalue weighted by molar-refractivity contribution is 0.0279. The molecule has 1 aromatic heterocycles. The molecule has 20 heavy (non-hydrogen) atoms. The van der Waals surface area contributed by atoms with Crippen molar-refractivity contribution in [3.05, 3.63) is 28.5 Å². The number of nitrogens with zero attached hydrogens (tertiary/aromatic N) is 1. The molecule has 0 saturated heterocycles. The molecule has 0 saturated carbocycles. The van der Waals surface area contributed by atoms with Gasteiger partial charge in [-0.25, -0.2) is 0 Å². The third-order valence-electron chi connectivity index (χ3n) is 3.28. The van der Waals surface area contributed by atoms with Gasteiger partial charge in [0.25, 0.3) is 0 Å². The lowest BCUT2D eigenvalue weighted by Gasteiger charge is -2.27. The maximum Gasteiger partial charge on any atom is 0.0731 e. The molecule has 0 aromatic carbocycles. The first kappa shape index (κ1) is 17.6. The molecule has 2 unspecified atom stereocenters. The highest BCUT2D eigenvalue weighted by molar-refractivity contribution is 9.10. The third kappa shape index (κ3) is 6.33. The quantitative estimate of drug-likeness (QED) is 0.698. The van der Waals surface area contributed by atoms with Crippen LogP contribution in [0.4, 0.5) is 0 Å². The van der Waals surface area contributed by atoms with Gasteiger partial charge in [-0.1, -0.05) is 20.3 Å². The first-order chi connectivity index (χ1) is 9.71. The van der Waals surface area contributed by atoms with Crippen LogP contribution in [0, 0.1) is 0 Å². The Hall–Kier alpha value is -0.450. The Morgan fingerprint density at radius 3 is 2.60 bits per heavy atom. The second-order valence-corrected chi connectivity index (χ2v) is 5.93. The Labute approximate surface area is 131 Å². The summed E-state index contributed by atoms with van der Waals surface area (Å²) in [5, 5.41) is 3.63. The lowest BCUT2D eigenvalue weighted by Crippen LogP contribution is -2.43. The van der Waals surface area contributed by atoms with Crippen LogP contribution in [-0.4, -0.2) is 30.3 Å². The van der Waals surface area contributed by atoms with E-state index in [9.17, 15) is 0 Å². The van der Waals surface area contributed by atoms with Crippen LogP contribution >= 0.6 is 15.9 Å². The monoisotopic (exact) mass is 342 g/mol. The molecule has 1 heterocycles. The van der Waals surface area contributed by atoms with E-state index in [0.29, 0.717) is 6.04 Å². The molecule has 114 valence electrons. The fourth-order valence-electron chi connectivity index (χ4n) is 2.32. The van der Waals surface area contributed by atoms with Crippen LogP contribution in [0.3, 0.4) is 0 Å². The average molecular weight is 343 g/mol. The van der Waals surface area contributed by atoms with E-state index in [4.69, 9.17) is 4.74 Å². The van der Waals surface area contributed by atoms with Gasteiger partial charge in [0.1, 0.15) is 0 Å². The molecular weight excluding hydrogens is 316 g/mol. The van der Waals surface area contributed by atoms with Crippen LogP contribution in [0.2, 0.25) is 0 Å². The maximum atomic E-state index is 5.94. The smallest absolute Gasteiger partial charge is 0.0731 e. The molecule has 0 aliphatic rings. The zero-order chi connectivity index (χ0) is 14.8. The predicted molar refractivity (Wildman–Crippen MR) is 88.0 cm³/mol. The van der Waals surface area contributed by atoms with E-state index in [1.54, 1.807) is 0 Å². The summed E-state index contributed by atoms with van der Waals surface area (Å²) in [6.45, 7) is 8.26. The molecule has 1 aromatic rings. The van der Waals surface area contributed by atoms with Gasteiger partial charge in [0.15, 0.2) is 0 Å². The summed E-state index contributed by atoms with van der Waals surface area (Å²) in [6, 6.07) is 4.47. The first-order valence-electron chi connectivity index (χ1n) is 7.66. The van der Waals surface area contributed by atoms with Gasteiger partial charge in [-0.15, -0.1) is 0 Å². The van der Waals surface area contributed by atoms with E-state index in [2.05, 4.69) is 59.1 Å². The number of hydrogen-bond donors (Lipinski definition) is 1. The van der Waals surface area contributed by atoms with Crippen molar-refractivity contribution in [2.24, 2.45) is 0 Å². The number of hydrogen-bond acceptors (Lipinski definition) is 3. The Bertz CT molecular complexity index is 350. The van der Waals surface area contributed by atoms with Crippen molar-refractivity contribution in [1.29, 1.82) is 0 Å². The van der Waals surface area contributed by atoms with Gasteiger partial charge in [-0.05, 0) is 54.4 Å². The highest BCUT2D eigenvalue weighted by Crippen LogP contribution is 2.14. The second kappa shape index (κ2) is 10.3. The number of rotatable bonds is 10. The fourth-order valence-corrected chi connectivity index (χ4v) is 2.55. The van der Waals surface area contributed by atoms with Crippen LogP contribution in [0.1, 0.15) is 45.7 Å². The van der Waals surface area contributed by atoms with Crippen molar-refractivity contribution >= 4 is 15.9 Å². The summed E-state index contributed by atoms with van der Waals surface area (Å²) >= 11 is 3.43. The minimum atomic E-state index is 0.266. The zero-order valence-electron chi connectivity index (χ0n) is 12.9. The summed E-state index contributed by atoms with van der Waals surface area (Å²) < 4.78 is 6.96. The average Bonchev–Trinajstić information content (AvgIpc) is 2.45. The highest BCUT2D eigenvalue weighted by atomic mass is 79.9. The van der Waals surface area contributed by atoms with Gasteiger partial charge in [-0.3, -0.25) is 4.98 Å². The van der Waals surface area contributed by atoms with E-state index in [0.717, 1.165) is 49.0 Å². The van der Waals surface area contributed by atoms with Gasteiger partial charge in [0.05, 0.1) is 6.10 Å². The molecule has 3 nitrogen and oxygen atoms in total. The normalized spacial score (nSPS) is 14.2.